The van der Waals surface area contributed by atoms with Crippen LogP contribution in [0.25, 0.3) is 0 Å². The van der Waals surface area contributed by atoms with Gasteiger partial charge in [-0.05, 0) is 22.5 Å². The molecule has 0 radical (unpaired) electrons. The van der Waals surface area contributed by atoms with Crippen LogP contribution < -0.4 is 0 Å². The minimum absolute atomic E-state index is 0.182. The molecule has 0 heterocycles. The third-order valence-electron chi connectivity index (χ3n) is 4.25. The van der Waals surface area contributed by atoms with E-state index in [-0.39, 0.29) is 16.5 Å². The zero-order valence-corrected chi connectivity index (χ0v) is 16.4. The molecule has 22 heavy (non-hydrogen) atoms. The van der Waals surface area contributed by atoms with Crippen LogP contribution >= 0.6 is 0 Å². The second kappa shape index (κ2) is 7.21. The van der Waals surface area contributed by atoms with E-state index in [4.69, 9.17) is 3.87 Å². The summed E-state index contributed by atoms with van der Waals surface area (Å²) in [5.74, 6) is 0. The molecule has 0 amide bonds. The Morgan fingerprint density at radius 3 is 1.59 bits per heavy atom. The van der Waals surface area contributed by atoms with Crippen molar-refractivity contribution in [3.05, 3.63) is 0 Å². The fourth-order valence-electron chi connectivity index (χ4n) is 2.80. The van der Waals surface area contributed by atoms with Crippen LogP contribution in [0.3, 0.4) is 0 Å². The average Bonchev–Trinajstić information content (AvgIpc) is 2.32. The monoisotopic (exact) mass is 362 g/mol. The van der Waals surface area contributed by atoms with Crippen molar-refractivity contribution in [1.82, 2.24) is 0 Å². The minimum atomic E-state index is -5.58. The molecule has 134 valence electrons. The normalized spacial score (nSPS) is 19.5. The summed E-state index contributed by atoms with van der Waals surface area (Å²) in [4.78, 5) is 0. The van der Waals surface area contributed by atoms with Gasteiger partial charge in [-0.15, -0.1) is 0 Å². The molecule has 0 aliphatic carbocycles. The standard InChI is InChI=1S/C14H29F3O3SSi/c1-8-11(3)22(12(4)9-2,10-13(5,6)7)20-21(18,19)14(15,16)17/h11-12H,8-10H2,1-7H3. The van der Waals surface area contributed by atoms with E-state index >= 15 is 0 Å². The predicted octanol–water partition coefficient (Wildman–Crippen LogP) is 5.44. The minimum Gasteiger partial charge on any atom is -0.307 e. The van der Waals surface area contributed by atoms with E-state index in [1.54, 1.807) is 0 Å². The van der Waals surface area contributed by atoms with E-state index in [0.717, 1.165) is 0 Å². The molecular formula is C14H29F3O3SSi. The first-order chi connectivity index (χ1) is 9.63. The van der Waals surface area contributed by atoms with Crippen LogP contribution in [0.2, 0.25) is 17.1 Å². The lowest BCUT2D eigenvalue weighted by Crippen LogP contribution is -2.52. The molecule has 0 bridgehead atoms. The number of halogens is 3. The van der Waals surface area contributed by atoms with Crippen LogP contribution in [0.1, 0.15) is 61.3 Å². The molecule has 0 saturated heterocycles. The van der Waals surface area contributed by atoms with E-state index in [9.17, 15) is 21.6 Å². The van der Waals surface area contributed by atoms with Gasteiger partial charge in [0.2, 0.25) is 8.32 Å². The van der Waals surface area contributed by atoms with Gasteiger partial charge in [0.05, 0.1) is 0 Å². The number of hydrogen-bond donors (Lipinski definition) is 0. The quantitative estimate of drug-likeness (QED) is 0.447. The largest absolute Gasteiger partial charge is 0.522 e. The molecule has 3 nitrogen and oxygen atoms in total. The maximum absolute atomic E-state index is 12.8. The third kappa shape index (κ3) is 5.23. The van der Waals surface area contributed by atoms with Gasteiger partial charge < -0.3 is 3.87 Å². The average molecular weight is 363 g/mol. The highest BCUT2D eigenvalue weighted by Crippen LogP contribution is 2.48. The Morgan fingerprint density at radius 1 is 1.00 bits per heavy atom. The highest BCUT2D eigenvalue weighted by atomic mass is 32.2. The number of alkyl halides is 3. The Hall–Kier alpha value is -0.0831. The molecule has 0 aliphatic heterocycles. The molecule has 0 aromatic heterocycles. The van der Waals surface area contributed by atoms with Gasteiger partial charge in [-0.25, -0.2) is 0 Å². The molecule has 2 unspecified atom stereocenters. The second-order valence-electron chi connectivity index (χ2n) is 7.29. The van der Waals surface area contributed by atoms with Crippen molar-refractivity contribution in [3.63, 3.8) is 0 Å². The lowest BCUT2D eigenvalue weighted by atomic mass is 10.0. The molecule has 0 aromatic rings. The van der Waals surface area contributed by atoms with Crippen molar-refractivity contribution < 1.29 is 25.5 Å². The van der Waals surface area contributed by atoms with Crippen molar-refractivity contribution in [3.8, 4) is 0 Å². The summed E-state index contributed by atoms with van der Waals surface area (Å²) in [6.07, 6.45) is 1.19. The van der Waals surface area contributed by atoms with Gasteiger partial charge in [-0.3, -0.25) is 0 Å². The van der Waals surface area contributed by atoms with Gasteiger partial charge in [-0.2, -0.15) is 21.6 Å². The van der Waals surface area contributed by atoms with Crippen molar-refractivity contribution in [2.24, 2.45) is 5.41 Å². The van der Waals surface area contributed by atoms with Gasteiger partial charge in [0.1, 0.15) is 0 Å². The molecule has 0 aromatic carbocycles. The van der Waals surface area contributed by atoms with E-state index in [1.807, 2.05) is 48.5 Å². The lowest BCUT2D eigenvalue weighted by molar-refractivity contribution is -0.0506. The first kappa shape index (κ1) is 21.9. The van der Waals surface area contributed by atoms with E-state index in [2.05, 4.69) is 0 Å². The van der Waals surface area contributed by atoms with E-state index in [1.165, 1.54) is 0 Å². The molecule has 2 atom stereocenters. The summed E-state index contributed by atoms with van der Waals surface area (Å²) in [7, 11) is -8.77. The van der Waals surface area contributed by atoms with Gasteiger partial charge in [-0.1, -0.05) is 61.3 Å². The molecule has 0 spiro atoms. The summed E-state index contributed by atoms with van der Waals surface area (Å²) in [6.45, 7) is 13.1. The third-order valence-corrected chi connectivity index (χ3v) is 12.7. The SMILES string of the molecule is CCC(C)[Si](CC(C)(C)C)(OS(=O)(=O)C(F)(F)F)C(C)CC. The Balaban J connectivity index is 6.06. The predicted molar refractivity (Wildman–Crippen MR) is 85.5 cm³/mol. The lowest BCUT2D eigenvalue weighted by Gasteiger charge is -2.43. The van der Waals surface area contributed by atoms with Crippen LogP contribution in [-0.2, 0) is 14.0 Å². The van der Waals surface area contributed by atoms with Crippen LogP contribution in [0.4, 0.5) is 13.2 Å². The van der Waals surface area contributed by atoms with Gasteiger partial charge in [0.15, 0.2) is 0 Å². The summed E-state index contributed by atoms with van der Waals surface area (Å²) in [5, 5.41) is 0. The summed E-state index contributed by atoms with van der Waals surface area (Å²) < 4.78 is 66.9. The number of rotatable bonds is 7. The fourth-order valence-corrected chi connectivity index (χ4v) is 11.1. The molecule has 0 fully saturated rings. The molecule has 0 N–H and O–H groups in total. The molecular weight excluding hydrogens is 333 g/mol. The topological polar surface area (TPSA) is 43.4 Å². The fraction of sp³-hybridized carbons (Fsp3) is 1.00. The summed E-state index contributed by atoms with van der Waals surface area (Å²) in [6, 6.07) is 0.374. The van der Waals surface area contributed by atoms with Crippen LogP contribution in [0.15, 0.2) is 0 Å². The smallest absolute Gasteiger partial charge is 0.307 e. The molecule has 0 rings (SSSR count). The first-order valence-electron chi connectivity index (χ1n) is 7.65. The zero-order chi connectivity index (χ0) is 18.0. The summed E-state index contributed by atoms with van der Waals surface area (Å²) >= 11 is 0. The zero-order valence-electron chi connectivity index (χ0n) is 14.5. The van der Waals surface area contributed by atoms with Crippen molar-refractivity contribution in [1.29, 1.82) is 0 Å². The van der Waals surface area contributed by atoms with E-state index < -0.39 is 23.9 Å². The molecule has 8 heteroatoms. The maximum Gasteiger partial charge on any atom is 0.522 e. The Labute approximate surface area is 133 Å². The molecule has 0 saturated carbocycles. The van der Waals surface area contributed by atoms with Gasteiger partial charge in [0, 0.05) is 0 Å². The van der Waals surface area contributed by atoms with Crippen LogP contribution in [0, 0.1) is 5.41 Å². The number of hydrogen-bond acceptors (Lipinski definition) is 3. The highest BCUT2D eigenvalue weighted by Gasteiger charge is 2.57. The van der Waals surface area contributed by atoms with Gasteiger partial charge >= 0.3 is 15.6 Å². The first-order valence-corrected chi connectivity index (χ1v) is 11.3. The van der Waals surface area contributed by atoms with Crippen molar-refractivity contribution >= 4 is 18.4 Å². The van der Waals surface area contributed by atoms with Crippen LogP contribution in [0.5, 0.6) is 0 Å². The second-order valence-corrected chi connectivity index (χ2v) is 13.6. The van der Waals surface area contributed by atoms with Crippen molar-refractivity contribution in [2.75, 3.05) is 0 Å². The summed E-state index contributed by atoms with van der Waals surface area (Å²) in [5.41, 5.74) is -6.04. The van der Waals surface area contributed by atoms with Gasteiger partial charge in [0.25, 0.3) is 0 Å². The molecule has 0 aliphatic rings. The van der Waals surface area contributed by atoms with Crippen molar-refractivity contribution in [2.45, 2.75) is 83.9 Å². The maximum atomic E-state index is 12.8. The van der Waals surface area contributed by atoms with Crippen LogP contribution in [-0.4, -0.2) is 22.2 Å². The Kier molecular flexibility index (Phi) is 7.19. The Morgan fingerprint density at radius 2 is 1.36 bits per heavy atom. The highest BCUT2D eigenvalue weighted by molar-refractivity contribution is 7.88. The van der Waals surface area contributed by atoms with E-state index in [0.29, 0.717) is 18.9 Å². The Bertz CT molecular complexity index is 445.